The number of hydrogen-bond donors (Lipinski definition) is 1. The van der Waals surface area contributed by atoms with E-state index in [1.54, 1.807) is 0 Å². The lowest BCUT2D eigenvalue weighted by molar-refractivity contribution is -0.145. The summed E-state index contributed by atoms with van der Waals surface area (Å²) >= 11 is 0. The number of nitrogens with one attached hydrogen (secondary N) is 1. The van der Waals surface area contributed by atoms with Crippen LogP contribution in [0.4, 0.5) is 5.69 Å². The average molecular weight is 277 g/mol. The van der Waals surface area contributed by atoms with E-state index in [1.165, 1.54) is 7.11 Å². The number of methoxy groups -OCH3 is 1. The Labute approximate surface area is 118 Å². The normalized spacial score (nSPS) is 15.0. The highest BCUT2D eigenvalue weighted by atomic mass is 16.5. The van der Waals surface area contributed by atoms with Crippen LogP contribution in [0.2, 0.25) is 0 Å². The predicted molar refractivity (Wildman–Crippen MR) is 74.7 cm³/mol. The number of benzene rings is 1. The summed E-state index contributed by atoms with van der Waals surface area (Å²) in [6.45, 7) is 2.24. The van der Waals surface area contributed by atoms with Crippen LogP contribution in [-0.2, 0) is 20.7 Å². The Morgan fingerprint density at radius 2 is 2.20 bits per heavy atom. The maximum Gasteiger partial charge on any atom is 0.308 e. The van der Waals surface area contributed by atoms with Gasteiger partial charge in [-0.1, -0.05) is 13.0 Å². The fourth-order valence-corrected chi connectivity index (χ4v) is 2.11. The van der Waals surface area contributed by atoms with Crippen molar-refractivity contribution < 1.29 is 19.1 Å². The van der Waals surface area contributed by atoms with Gasteiger partial charge in [0, 0.05) is 18.2 Å². The molecule has 5 heteroatoms. The van der Waals surface area contributed by atoms with Crippen LogP contribution >= 0.6 is 0 Å². The number of esters is 1. The Morgan fingerprint density at radius 1 is 1.40 bits per heavy atom. The van der Waals surface area contributed by atoms with Crippen molar-refractivity contribution in [1.29, 1.82) is 0 Å². The van der Waals surface area contributed by atoms with Crippen LogP contribution in [-0.4, -0.2) is 25.6 Å². The standard InChI is InChI=1S/C15H19NO4/c1-10(15(18)19-2)7-8-20-12-5-3-11-4-6-14(17)16-13(11)9-12/h3,5,9-10H,4,6-8H2,1-2H3,(H,16,17)/t10-/m1/s1. The Balaban J connectivity index is 1.89. The molecule has 108 valence electrons. The zero-order chi connectivity index (χ0) is 14.5. The number of aryl methyl sites for hydroxylation is 1. The summed E-state index contributed by atoms with van der Waals surface area (Å²) in [7, 11) is 1.38. The van der Waals surface area contributed by atoms with Gasteiger partial charge in [-0.3, -0.25) is 9.59 Å². The fraction of sp³-hybridized carbons (Fsp3) is 0.467. The zero-order valence-electron chi connectivity index (χ0n) is 11.8. The minimum absolute atomic E-state index is 0.0361. The first kappa shape index (κ1) is 14.4. The topological polar surface area (TPSA) is 64.6 Å². The van der Waals surface area contributed by atoms with E-state index in [-0.39, 0.29) is 17.8 Å². The van der Waals surface area contributed by atoms with Crippen molar-refractivity contribution in [1.82, 2.24) is 0 Å². The molecule has 1 N–H and O–H groups in total. The number of amides is 1. The Hall–Kier alpha value is -2.04. The number of carbonyl (C=O) groups is 2. The molecule has 0 aromatic heterocycles. The number of fused-ring (bicyclic) bond motifs is 1. The van der Waals surface area contributed by atoms with Crippen LogP contribution in [0.15, 0.2) is 18.2 Å². The molecule has 0 saturated carbocycles. The van der Waals surface area contributed by atoms with Crippen molar-refractivity contribution in [3.63, 3.8) is 0 Å². The molecule has 0 bridgehead atoms. The van der Waals surface area contributed by atoms with Gasteiger partial charge < -0.3 is 14.8 Å². The summed E-state index contributed by atoms with van der Waals surface area (Å²) in [6, 6.07) is 5.68. The first-order valence-corrected chi connectivity index (χ1v) is 6.73. The molecule has 0 saturated heterocycles. The number of carbonyl (C=O) groups excluding carboxylic acids is 2. The van der Waals surface area contributed by atoms with Gasteiger partial charge in [-0.2, -0.15) is 0 Å². The SMILES string of the molecule is COC(=O)[C@H](C)CCOc1ccc2c(c1)NC(=O)CC2. The van der Waals surface area contributed by atoms with Gasteiger partial charge in [-0.15, -0.1) is 0 Å². The summed E-state index contributed by atoms with van der Waals surface area (Å²) in [5.74, 6) is 0.320. The van der Waals surface area contributed by atoms with Gasteiger partial charge in [0.2, 0.25) is 5.91 Å². The third-order valence-electron chi connectivity index (χ3n) is 3.40. The van der Waals surface area contributed by atoms with Crippen LogP contribution in [0.1, 0.15) is 25.3 Å². The van der Waals surface area contributed by atoms with E-state index < -0.39 is 0 Å². The van der Waals surface area contributed by atoms with Crippen molar-refractivity contribution >= 4 is 17.6 Å². The molecule has 1 aromatic carbocycles. The summed E-state index contributed by atoms with van der Waals surface area (Å²) in [6.07, 6.45) is 1.89. The Bertz CT molecular complexity index is 513. The number of anilines is 1. The molecule has 1 aliphatic rings. The van der Waals surface area contributed by atoms with Gasteiger partial charge in [-0.05, 0) is 24.5 Å². The van der Waals surface area contributed by atoms with Gasteiger partial charge in [0.05, 0.1) is 19.6 Å². The molecule has 2 rings (SSSR count). The number of rotatable bonds is 5. The number of ether oxygens (including phenoxy) is 2. The van der Waals surface area contributed by atoms with Gasteiger partial charge in [0.25, 0.3) is 0 Å². The fourth-order valence-electron chi connectivity index (χ4n) is 2.11. The molecule has 1 amide bonds. The molecular formula is C15H19NO4. The lowest BCUT2D eigenvalue weighted by Gasteiger charge is -2.18. The maximum atomic E-state index is 11.3. The Morgan fingerprint density at radius 3 is 2.95 bits per heavy atom. The molecular weight excluding hydrogens is 258 g/mol. The van der Waals surface area contributed by atoms with Gasteiger partial charge >= 0.3 is 5.97 Å². The van der Waals surface area contributed by atoms with Crippen molar-refractivity contribution in [2.24, 2.45) is 5.92 Å². The highest BCUT2D eigenvalue weighted by Crippen LogP contribution is 2.27. The van der Waals surface area contributed by atoms with E-state index in [4.69, 9.17) is 4.74 Å². The third-order valence-corrected chi connectivity index (χ3v) is 3.40. The summed E-state index contributed by atoms with van der Waals surface area (Å²) in [4.78, 5) is 22.6. The van der Waals surface area contributed by atoms with Crippen molar-refractivity contribution in [3.05, 3.63) is 23.8 Å². The Kier molecular flexibility index (Phi) is 4.61. The maximum absolute atomic E-state index is 11.3. The molecule has 0 aliphatic carbocycles. The smallest absolute Gasteiger partial charge is 0.308 e. The molecule has 5 nitrogen and oxygen atoms in total. The quantitative estimate of drug-likeness (QED) is 0.838. The van der Waals surface area contributed by atoms with Crippen LogP contribution in [0, 0.1) is 5.92 Å². The van der Waals surface area contributed by atoms with Gasteiger partial charge in [0.1, 0.15) is 5.75 Å². The van der Waals surface area contributed by atoms with Crippen LogP contribution in [0.25, 0.3) is 0 Å². The molecule has 0 unspecified atom stereocenters. The highest BCUT2D eigenvalue weighted by Gasteiger charge is 2.16. The minimum Gasteiger partial charge on any atom is -0.493 e. The third kappa shape index (κ3) is 3.50. The molecule has 0 radical (unpaired) electrons. The molecule has 0 fully saturated rings. The molecule has 0 spiro atoms. The zero-order valence-corrected chi connectivity index (χ0v) is 11.8. The second-order valence-electron chi connectivity index (χ2n) is 4.93. The van der Waals surface area contributed by atoms with Crippen LogP contribution in [0.5, 0.6) is 5.75 Å². The summed E-state index contributed by atoms with van der Waals surface area (Å²) in [5, 5.41) is 2.83. The minimum atomic E-state index is -0.230. The van der Waals surface area contributed by atoms with E-state index in [9.17, 15) is 9.59 Å². The molecule has 1 aliphatic heterocycles. The number of hydrogen-bond acceptors (Lipinski definition) is 4. The first-order chi connectivity index (χ1) is 9.60. The van der Waals surface area contributed by atoms with E-state index in [2.05, 4.69) is 10.1 Å². The summed E-state index contributed by atoms with van der Waals surface area (Å²) in [5.41, 5.74) is 1.94. The lowest BCUT2D eigenvalue weighted by atomic mass is 10.0. The van der Waals surface area contributed by atoms with E-state index in [0.717, 1.165) is 17.7 Å². The monoisotopic (exact) mass is 277 g/mol. The largest absolute Gasteiger partial charge is 0.493 e. The van der Waals surface area contributed by atoms with Gasteiger partial charge in [-0.25, -0.2) is 0 Å². The van der Waals surface area contributed by atoms with E-state index in [1.807, 2.05) is 25.1 Å². The first-order valence-electron chi connectivity index (χ1n) is 6.73. The summed E-state index contributed by atoms with van der Waals surface area (Å²) < 4.78 is 10.3. The van der Waals surface area contributed by atoms with E-state index in [0.29, 0.717) is 25.2 Å². The molecule has 20 heavy (non-hydrogen) atoms. The van der Waals surface area contributed by atoms with Gasteiger partial charge in [0.15, 0.2) is 0 Å². The average Bonchev–Trinajstić information content (AvgIpc) is 2.45. The van der Waals surface area contributed by atoms with Crippen molar-refractivity contribution in [2.45, 2.75) is 26.2 Å². The van der Waals surface area contributed by atoms with Crippen molar-refractivity contribution in [3.8, 4) is 5.75 Å². The molecule has 1 heterocycles. The second-order valence-corrected chi connectivity index (χ2v) is 4.93. The molecule has 1 atom stereocenters. The molecule has 1 aromatic rings. The second kappa shape index (κ2) is 6.41. The lowest BCUT2D eigenvalue weighted by Crippen LogP contribution is -2.19. The van der Waals surface area contributed by atoms with Crippen LogP contribution in [0.3, 0.4) is 0 Å². The van der Waals surface area contributed by atoms with Crippen molar-refractivity contribution in [2.75, 3.05) is 19.0 Å². The van der Waals surface area contributed by atoms with Crippen LogP contribution < -0.4 is 10.1 Å². The highest BCUT2D eigenvalue weighted by molar-refractivity contribution is 5.94. The predicted octanol–water partition coefficient (Wildman–Crippen LogP) is 2.15. The van der Waals surface area contributed by atoms with E-state index >= 15 is 0 Å².